The fraction of sp³-hybridized carbons (Fsp3) is 0.429. The molecule has 0 saturated heterocycles. The normalized spacial score (nSPS) is 12.1. The molecule has 0 radical (unpaired) electrons. The molecule has 0 unspecified atom stereocenters. The Balaban J connectivity index is 2.34. The second-order valence-electron chi connectivity index (χ2n) is 5.13. The van der Waals surface area contributed by atoms with E-state index in [1.54, 1.807) is 20.8 Å². The number of nitrogens with zero attached hydrogens (tertiary/aromatic N) is 1. The number of hydrogen-bond donors (Lipinski definition) is 1. The van der Waals surface area contributed by atoms with Crippen LogP contribution in [0.5, 0.6) is 0 Å². The third kappa shape index (κ3) is 7.08. The largest absolute Gasteiger partial charge is 0.624 e. The Morgan fingerprint density at radius 3 is 2.58 bits per heavy atom. The standard InChI is InChI=1S/C14H20N2O3/c1-14(2,3)19-13(17)15-9-10-16(18)11-12-7-5-4-6-8-12/h4-8,10H,9,11H2,1-3H3,(H,15,17)/b16-10-. The van der Waals surface area contributed by atoms with Gasteiger partial charge in [-0.05, 0) is 20.8 Å². The van der Waals surface area contributed by atoms with Gasteiger partial charge in [-0.15, -0.1) is 0 Å². The molecule has 5 heteroatoms. The summed E-state index contributed by atoms with van der Waals surface area (Å²) in [6.45, 7) is 5.75. The third-order valence-corrected chi connectivity index (χ3v) is 2.12. The lowest BCUT2D eigenvalue weighted by Crippen LogP contribution is -2.34. The number of ether oxygens (including phenoxy) is 1. The van der Waals surface area contributed by atoms with Gasteiger partial charge in [-0.2, -0.15) is 0 Å². The molecule has 1 amide bonds. The molecule has 1 aromatic carbocycles. The second-order valence-corrected chi connectivity index (χ2v) is 5.13. The van der Waals surface area contributed by atoms with E-state index >= 15 is 0 Å². The van der Waals surface area contributed by atoms with Gasteiger partial charge in [0, 0.05) is 5.56 Å². The summed E-state index contributed by atoms with van der Waals surface area (Å²) in [5.74, 6) is 0. The Labute approximate surface area is 113 Å². The number of hydrogen-bond acceptors (Lipinski definition) is 3. The average Bonchev–Trinajstić information content (AvgIpc) is 2.27. The van der Waals surface area contributed by atoms with Crippen molar-refractivity contribution < 1.29 is 14.3 Å². The molecule has 19 heavy (non-hydrogen) atoms. The second kappa shape index (κ2) is 6.78. The van der Waals surface area contributed by atoms with E-state index in [1.165, 1.54) is 6.21 Å². The molecule has 0 spiro atoms. The van der Waals surface area contributed by atoms with Crippen molar-refractivity contribution in [2.75, 3.05) is 6.54 Å². The fourth-order valence-corrected chi connectivity index (χ4v) is 1.37. The van der Waals surface area contributed by atoms with E-state index in [1.807, 2.05) is 30.3 Å². The molecule has 0 heterocycles. The predicted molar refractivity (Wildman–Crippen MR) is 74.1 cm³/mol. The number of benzene rings is 1. The first-order chi connectivity index (χ1) is 8.87. The minimum Gasteiger partial charge on any atom is -0.624 e. The minimum absolute atomic E-state index is 0.144. The summed E-state index contributed by atoms with van der Waals surface area (Å²) < 4.78 is 5.83. The van der Waals surface area contributed by atoms with Crippen LogP contribution in [0.1, 0.15) is 26.3 Å². The van der Waals surface area contributed by atoms with Gasteiger partial charge in [0.1, 0.15) is 5.60 Å². The van der Waals surface area contributed by atoms with Crippen molar-refractivity contribution in [1.82, 2.24) is 5.32 Å². The van der Waals surface area contributed by atoms with Crippen LogP contribution in [-0.4, -0.2) is 29.2 Å². The Hall–Kier alpha value is -2.04. The molecule has 0 aromatic heterocycles. The van der Waals surface area contributed by atoms with Gasteiger partial charge in [0.15, 0.2) is 12.8 Å². The van der Waals surface area contributed by atoms with Gasteiger partial charge >= 0.3 is 6.09 Å². The number of amides is 1. The zero-order valence-corrected chi connectivity index (χ0v) is 11.6. The number of hydroxylamine groups is 1. The first-order valence-electron chi connectivity index (χ1n) is 6.15. The van der Waals surface area contributed by atoms with Crippen LogP contribution in [0.15, 0.2) is 30.3 Å². The van der Waals surface area contributed by atoms with E-state index in [9.17, 15) is 10.0 Å². The molecule has 5 nitrogen and oxygen atoms in total. The summed E-state index contributed by atoms with van der Waals surface area (Å²) in [7, 11) is 0. The maximum absolute atomic E-state index is 11.5. The van der Waals surface area contributed by atoms with Crippen LogP contribution >= 0.6 is 0 Å². The average molecular weight is 264 g/mol. The van der Waals surface area contributed by atoms with Crippen LogP contribution in [0, 0.1) is 5.21 Å². The van der Waals surface area contributed by atoms with Gasteiger partial charge in [0.05, 0.1) is 6.54 Å². The van der Waals surface area contributed by atoms with Gasteiger partial charge in [0.25, 0.3) is 0 Å². The summed E-state index contributed by atoms with van der Waals surface area (Å²) in [5.41, 5.74) is 0.386. The van der Waals surface area contributed by atoms with E-state index in [0.29, 0.717) is 0 Å². The van der Waals surface area contributed by atoms with Crippen molar-refractivity contribution in [3.8, 4) is 0 Å². The smallest absolute Gasteiger partial charge is 0.408 e. The third-order valence-electron chi connectivity index (χ3n) is 2.12. The SMILES string of the molecule is CC(C)(C)OC(=O)NC/C=[N+](\[O-])Cc1ccccc1. The van der Waals surface area contributed by atoms with Crippen LogP contribution in [0.3, 0.4) is 0 Å². The summed E-state index contributed by atoms with van der Waals surface area (Å²) in [6, 6.07) is 9.40. The molecule has 1 N–H and O–H groups in total. The van der Waals surface area contributed by atoms with Crippen molar-refractivity contribution in [3.05, 3.63) is 41.1 Å². The van der Waals surface area contributed by atoms with E-state index in [2.05, 4.69) is 5.32 Å². The van der Waals surface area contributed by atoms with Gasteiger partial charge in [-0.3, -0.25) is 0 Å². The van der Waals surface area contributed by atoms with Crippen LogP contribution < -0.4 is 5.32 Å². The van der Waals surface area contributed by atoms with Gasteiger partial charge < -0.3 is 15.3 Å². The molecule has 0 aliphatic rings. The zero-order chi connectivity index (χ0) is 14.3. The minimum atomic E-state index is -0.536. The predicted octanol–water partition coefficient (Wildman–Crippen LogP) is 2.29. The van der Waals surface area contributed by atoms with Gasteiger partial charge in [-0.25, -0.2) is 9.53 Å². The molecular formula is C14H20N2O3. The fourth-order valence-electron chi connectivity index (χ4n) is 1.37. The summed E-state index contributed by atoms with van der Waals surface area (Å²) in [4.78, 5) is 11.3. The van der Waals surface area contributed by atoms with Crippen molar-refractivity contribution in [1.29, 1.82) is 0 Å². The molecule has 0 bridgehead atoms. The molecule has 1 aromatic rings. The number of alkyl carbamates (subject to hydrolysis) is 1. The van der Waals surface area contributed by atoms with E-state index < -0.39 is 11.7 Å². The highest BCUT2D eigenvalue weighted by Gasteiger charge is 2.15. The van der Waals surface area contributed by atoms with Crippen LogP contribution in [-0.2, 0) is 11.3 Å². The lowest BCUT2D eigenvalue weighted by molar-refractivity contribution is -0.470. The number of nitrogens with one attached hydrogen (secondary N) is 1. The van der Waals surface area contributed by atoms with Crippen LogP contribution in [0.2, 0.25) is 0 Å². The monoisotopic (exact) mass is 264 g/mol. The molecule has 0 saturated carbocycles. The highest BCUT2D eigenvalue weighted by Crippen LogP contribution is 2.06. The molecule has 1 rings (SSSR count). The van der Waals surface area contributed by atoms with Crippen molar-refractivity contribution in [3.63, 3.8) is 0 Å². The van der Waals surface area contributed by atoms with E-state index in [-0.39, 0.29) is 13.1 Å². The Morgan fingerprint density at radius 2 is 2.00 bits per heavy atom. The number of carbonyl (C=O) groups is 1. The Morgan fingerprint density at radius 1 is 1.37 bits per heavy atom. The molecule has 0 atom stereocenters. The first-order valence-corrected chi connectivity index (χ1v) is 6.15. The maximum Gasteiger partial charge on any atom is 0.408 e. The van der Waals surface area contributed by atoms with E-state index in [0.717, 1.165) is 10.3 Å². The molecule has 104 valence electrons. The molecule has 0 fully saturated rings. The zero-order valence-electron chi connectivity index (χ0n) is 11.6. The molecule has 0 aliphatic heterocycles. The summed E-state index contributed by atoms with van der Waals surface area (Å²) >= 11 is 0. The summed E-state index contributed by atoms with van der Waals surface area (Å²) in [5, 5.41) is 14.0. The Bertz CT molecular complexity index is 436. The topological polar surface area (TPSA) is 64.4 Å². The van der Waals surface area contributed by atoms with Crippen molar-refractivity contribution in [2.45, 2.75) is 32.9 Å². The van der Waals surface area contributed by atoms with Crippen LogP contribution in [0.4, 0.5) is 4.79 Å². The highest BCUT2D eigenvalue weighted by atomic mass is 16.6. The van der Waals surface area contributed by atoms with Gasteiger partial charge in [0.2, 0.25) is 0 Å². The Kier molecular flexibility index (Phi) is 5.36. The van der Waals surface area contributed by atoms with Crippen molar-refractivity contribution >= 4 is 12.3 Å². The quantitative estimate of drug-likeness (QED) is 0.393. The lowest BCUT2D eigenvalue weighted by atomic mass is 10.2. The maximum atomic E-state index is 11.5. The first kappa shape index (κ1) is 15.0. The number of rotatable bonds is 4. The van der Waals surface area contributed by atoms with Crippen molar-refractivity contribution in [2.24, 2.45) is 0 Å². The number of carbonyl (C=O) groups excluding carboxylic acids is 1. The van der Waals surface area contributed by atoms with Gasteiger partial charge in [-0.1, -0.05) is 30.3 Å². The van der Waals surface area contributed by atoms with E-state index in [4.69, 9.17) is 4.74 Å². The molecule has 0 aliphatic carbocycles. The summed E-state index contributed by atoms with van der Waals surface area (Å²) in [6.07, 6.45) is 0.841. The molecular weight excluding hydrogens is 244 g/mol. The highest BCUT2D eigenvalue weighted by molar-refractivity contribution is 5.71. The van der Waals surface area contributed by atoms with Crippen LogP contribution in [0.25, 0.3) is 0 Å². The lowest BCUT2D eigenvalue weighted by Gasteiger charge is -2.19.